The lowest BCUT2D eigenvalue weighted by atomic mass is 9.79. The molecule has 5 heteroatoms. The fourth-order valence-corrected chi connectivity index (χ4v) is 5.17. The van der Waals surface area contributed by atoms with Gasteiger partial charge in [0.25, 0.3) is 11.1 Å². The SMILES string of the molecule is C=CCN1C(=O)S/C(=C/c2cc3c(cc2C)N(CC)C(C)(C)CC3C)C1=O. The molecule has 3 rings (SSSR count). The van der Waals surface area contributed by atoms with Gasteiger partial charge < -0.3 is 4.90 Å². The van der Waals surface area contributed by atoms with Gasteiger partial charge in [-0.05, 0) is 86.7 Å². The van der Waals surface area contributed by atoms with E-state index in [0.29, 0.717) is 10.8 Å². The zero-order valence-electron chi connectivity index (χ0n) is 16.8. The van der Waals surface area contributed by atoms with Gasteiger partial charge in [0, 0.05) is 24.3 Å². The van der Waals surface area contributed by atoms with Crippen LogP contribution in [0.1, 0.15) is 56.7 Å². The second-order valence-electron chi connectivity index (χ2n) is 8.01. The first kappa shape index (κ1) is 19.7. The molecule has 0 saturated carbocycles. The second kappa shape index (κ2) is 7.19. The Morgan fingerprint density at radius 3 is 2.67 bits per heavy atom. The molecule has 2 amide bonds. The molecule has 4 nitrogen and oxygen atoms in total. The second-order valence-corrected chi connectivity index (χ2v) is 9.00. The summed E-state index contributed by atoms with van der Waals surface area (Å²) >= 11 is 1.01. The molecular weight excluding hydrogens is 356 g/mol. The molecule has 1 atom stereocenters. The van der Waals surface area contributed by atoms with Gasteiger partial charge in [-0.25, -0.2) is 0 Å². The Kier molecular flexibility index (Phi) is 5.26. The number of fused-ring (bicyclic) bond motifs is 1. The van der Waals surface area contributed by atoms with Crippen LogP contribution in [0.25, 0.3) is 6.08 Å². The summed E-state index contributed by atoms with van der Waals surface area (Å²) in [5, 5.41) is -0.228. The van der Waals surface area contributed by atoms with Gasteiger partial charge in [0.05, 0.1) is 4.91 Å². The van der Waals surface area contributed by atoms with E-state index in [0.717, 1.165) is 35.9 Å². The van der Waals surface area contributed by atoms with E-state index in [9.17, 15) is 9.59 Å². The van der Waals surface area contributed by atoms with Crippen LogP contribution >= 0.6 is 11.8 Å². The van der Waals surface area contributed by atoms with E-state index in [1.165, 1.54) is 16.2 Å². The first-order valence-electron chi connectivity index (χ1n) is 9.48. The minimum atomic E-state index is -0.230. The Labute approximate surface area is 166 Å². The van der Waals surface area contributed by atoms with Gasteiger partial charge in [-0.1, -0.05) is 13.0 Å². The number of hydrogen-bond donors (Lipinski definition) is 0. The Bertz CT molecular complexity index is 841. The molecule has 1 aromatic rings. The summed E-state index contributed by atoms with van der Waals surface area (Å²) in [5.74, 6) is 0.216. The van der Waals surface area contributed by atoms with E-state index in [4.69, 9.17) is 0 Å². The molecule has 2 heterocycles. The minimum Gasteiger partial charge on any atom is -0.366 e. The molecule has 1 unspecified atom stereocenters. The molecule has 2 aliphatic heterocycles. The quantitative estimate of drug-likeness (QED) is 0.520. The number of imide groups is 1. The average molecular weight is 385 g/mol. The molecule has 0 bridgehead atoms. The maximum absolute atomic E-state index is 12.5. The van der Waals surface area contributed by atoms with Crippen LogP contribution in [-0.2, 0) is 4.79 Å². The van der Waals surface area contributed by atoms with Crippen molar-refractivity contribution in [1.82, 2.24) is 4.90 Å². The number of anilines is 1. The summed E-state index contributed by atoms with van der Waals surface area (Å²) in [6.07, 6.45) is 4.53. The molecular formula is C22H28N2O2S. The summed E-state index contributed by atoms with van der Waals surface area (Å²) in [7, 11) is 0. The first-order valence-corrected chi connectivity index (χ1v) is 10.3. The number of hydrogen-bond acceptors (Lipinski definition) is 4. The van der Waals surface area contributed by atoms with Crippen LogP contribution in [0, 0.1) is 6.92 Å². The number of rotatable bonds is 4. The summed E-state index contributed by atoms with van der Waals surface area (Å²) in [6.45, 7) is 16.0. The van der Waals surface area contributed by atoms with Gasteiger partial charge in [0.15, 0.2) is 0 Å². The number of benzene rings is 1. The van der Waals surface area contributed by atoms with Gasteiger partial charge in [-0.2, -0.15) is 0 Å². The molecule has 0 aromatic heterocycles. The molecule has 0 spiro atoms. The minimum absolute atomic E-state index is 0.127. The smallest absolute Gasteiger partial charge is 0.293 e. The number of carbonyl (C=O) groups is 2. The lowest BCUT2D eigenvalue weighted by Crippen LogP contribution is -2.48. The number of aryl methyl sites for hydroxylation is 1. The van der Waals surface area contributed by atoms with E-state index in [-0.39, 0.29) is 23.2 Å². The van der Waals surface area contributed by atoms with Gasteiger partial charge >= 0.3 is 0 Å². The summed E-state index contributed by atoms with van der Waals surface area (Å²) < 4.78 is 0. The highest BCUT2D eigenvalue weighted by Crippen LogP contribution is 2.44. The predicted molar refractivity (Wildman–Crippen MR) is 114 cm³/mol. The van der Waals surface area contributed by atoms with Crippen molar-refractivity contribution in [3.05, 3.63) is 46.4 Å². The van der Waals surface area contributed by atoms with Crippen LogP contribution in [0.3, 0.4) is 0 Å². The highest BCUT2D eigenvalue weighted by atomic mass is 32.2. The highest BCUT2D eigenvalue weighted by Gasteiger charge is 2.37. The molecule has 1 fully saturated rings. The summed E-state index contributed by atoms with van der Waals surface area (Å²) in [5.41, 5.74) is 4.87. The van der Waals surface area contributed by atoms with Crippen molar-refractivity contribution >= 4 is 34.7 Å². The normalized spacial score (nSPS) is 23.1. The molecule has 27 heavy (non-hydrogen) atoms. The topological polar surface area (TPSA) is 40.6 Å². The molecule has 144 valence electrons. The standard InChI is InChI=1S/C22H28N2O2S/c1-7-9-23-20(25)19(27-21(23)26)12-16-11-17-15(4)13-22(5,6)24(8-2)18(17)10-14(16)3/h7,10-12,15H,1,8-9,13H2,2-6H3/b19-12+. The lowest BCUT2D eigenvalue weighted by molar-refractivity contribution is -0.122. The number of thioether (sulfide) groups is 1. The van der Waals surface area contributed by atoms with E-state index >= 15 is 0 Å². The number of nitrogens with zero attached hydrogens (tertiary/aromatic N) is 2. The fourth-order valence-electron chi connectivity index (χ4n) is 4.33. The third-order valence-electron chi connectivity index (χ3n) is 5.56. The number of amides is 2. The average Bonchev–Trinajstić information content (AvgIpc) is 2.84. The van der Waals surface area contributed by atoms with Crippen molar-refractivity contribution in [2.24, 2.45) is 0 Å². The molecule has 2 aliphatic rings. The van der Waals surface area contributed by atoms with Gasteiger partial charge in [-0.15, -0.1) is 6.58 Å². The van der Waals surface area contributed by atoms with E-state index in [1.807, 2.05) is 6.08 Å². The van der Waals surface area contributed by atoms with E-state index < -0.39 is 0 Å². The Morgan fingerprint density at radius 1 is 1.33 bits per heavy atom. The van der Waals surface area contributed by atoms with Crippen LogP contribution in [0.5, 0.6) is 0 Å². The summed E-state index contributed by atoms with van der Waals surface area (Å²) in [4.78, 5) is 28.8. The molecule has 0 aliphatic carbocycles. The maximum atomic E-state index is 12.5. The molecule has 0 N–H and O–H groups in total. The van der Waals surface area contributed by atoms with E-state index in [2.05, 4.69) is 58.2 Å². The van der Waals surface area contributed by atoms with Crippen LogP contribution in [0.4, 0.5) is 10.5 Å². The maximum Gasteiger partial charge on any atom is 0.293 e. The van der Waals surface area contributed by atoms with Gasteiger partial charge in [-0.3, -0.25) is 14.5 Å². The Morgan fingerprint density at radius 2 is 2.04 bits per heavy atom. The van der Waals surface area contributed by atoms with Crippen LogP contribution in [0.15, 0.2) is 29.7 Å². The molecule has 1 saturated heterocycles. The van der Waals surface area contributed by atoms with E-state index in [1.54, 1.807) is 6.08 Å². The number of carbonyl (C=O) groups excluding carboxylic acids is 2. The zero-order chi connectivity index (χ0) is 19.9. The third kappa shape index (κ3) is 3.45. The third-order valence-corrected chi connectivity index (χ3v) is 6.47. The molecule has 0 radical (unpaired) electrons. The highest BCUT2D eigenvalue weighted by molar-refractivity contribution is 8.18. The van der Waals surface area contributed by atoms with Crippen LogP contribution in [-0.4, -0.2) is 34.7 Å². The van der Waals surface area contributed by atoms with Crippen molar-refractivity contribution < 1.29 is 9.59 Å². The summed E-state index contributed by atoms with van der Waals surface area (Å²) in [6, 6.07) is 4.44. The van der Waals surface area contributed by atoms with Gasteiger partial charge in [0.1, 0.15) is 0 Å². The first-order chi connectivity index (χ1) is 12.7. The van der Waals surface area contributed by atoms with Crippen molar-refractivity contribution in [2.45, 2.75) is 52.5 Å². The molecule has 1 aromatic carbocycles. The van der Waals surface area contributed by atoms with Crippen molar-refractivity contribution in [1.29, 1.82) is 0 Å². The predicted octanol–water partition coefficient (Wildman–Crippen LogP) is 5.33. The Balaban J connectivity index is 2.03. The monoisotopic (exact) mass is 384 g/mol. The fraction of sp³-hybridized carbons (Fsp3) is 0.455. The van der Waals surface area contributed by atoms with Crippen LogP contribution < -0.4 is 4.90 Å². The van der Waals surface area contributed by atoms with Crippen LogP contribution in [0.2, 0.25) is 0 Å². The van der Waals surface area contributed by atoms with Crippen molar-refractivity contribution in [3.63, 3.8) is 0 Å². The largest absolute Gasteiger partial charge is 0.366 e. The Hall–Kier alpha value is -2.01. The van der Waals surface area contributed by atoms with Gasteiger partial charge in [0.2, 0.25) is 0 Å². The van der Waals surface area contributed by atoms with Crippen molar-refractivity contribution in [2.75, 3.05) is 18.0 Å². The zero-order valence-corrected chi connectivity index (χ0v) is 17.7. The lowest BCUT2D eigenvalue weighted by Gasteiger charge is -2.47. The van der Waals surface area contributed by atoms with Crippen molar-refractivity contribution in [3.8, 4) is 0 Å².